The van der Waals surface area contributed by atoms with Crippen LogP contribution < -0.4 is 4.90 Å². The zero-order chi connectivity index (χ0) is 34.2. The predicted octanol–water partition coefficient (Wildman–Crippen LogP) is 8.40. The Balaban J connectivity index is 1.53. The molecule has 4 atom stereocenters. The van der Waals surface area contributed by atoms with Crippen molar-refractivity contribution in [2.45, 2.75) is 17.8 Å². The monoisotopic (exact) mass is 684 g/mol. The topological polar surface area (TPSA) is 97.6 Å². The summed E-state index contributed by atoms with van der Waals surface area (Å²) in [4.78, 5) is 58.7. The molecule has 0 spiro atoms. The lowest BCUT2D eigenvalue weighted by atomic mass is 9.59. The Morgan fingerprint density at radius 3 is 1.47 bits per heavy atom. The van der Waals surface area contributed by atoms with E-state index in [-0.39, 0.29) is 17.2 Å². The van der Waals surface area contributed by atoms with Crippen LogP contribution >= 0.6 is 23.2 Å². The van der Waals surface area contributed by atoms with E-state index in [0.29, 0.717) is 37.9 Å². The minimum Gasteiger partial charge on any atom is -0.297 e. The molecule has 0 radical (unpaired) electrons. The lowest BCUT2D eigenvalue weighted by molar-refractivity contribution is -0.385. The number of amides is 2. The van der Waals surface area contributed by atoms with Gasteiger partial charge in [0, 0.05) is 21.7 Å². The van der Waals surface area contributed by atoms with E-state index in [1.54, 1.807) is 55.5 Å². The Bertz CT molecular complexity index is 2130. The van der Waals surface area contributed by atoms with E-state index in [2.05, 4.69) is 0 Å². The predicted molar refractivity (Wildman–Crippen MR) is 188 cm³/mol. The number of fused-ring (bicyclic) bond motifs is 5. The summed E-state index contributed by atoms with van der Waals surface area (Å²) in [6.45, 7) is 1.59. The number of nitro benzene ring substituents is 1. The molecule has 2 amide bonds. The van der Waals surface area contributed by atoms with Crippen molar-refractivity contribution in [3.05, 3.63) is 175 Å². The number of imide groups is 1. The number of carbonyl (C=O) groups excluding carboxylic acids is 3. The number of nitro groups is 1. The summed E-state index contributed by atoms with van der Waals surface area (Å²) < 4.78 is 0. The van der Waals surface area contributed by atoms with Crippen LogP contribution in [-0.4, -0.2) is 22.5 Å². The standard InChI is InChI=1S/C40H26Cl2N2O5/c1-23-12-21-30(22-31(23)44(48)49)43-36(45)34-35(37(43)46)40(27-15-19-29(42)20-16-27)33(25-10-6-3-7-11-25)32(24-8-4-2-5-9-24)39(34,38(40)47)26-13-17-28(41)18-14-26/h2-22,34-35H,1H3/t34-,35-,39+,40+/m1/s1. The number of halogens is 2. The molecule has 2 aliphatic carbocycles. The van der Waals surface area contributed by atoms with Crippen molar-refractivity contribution in [1.82, 2.24) is 0 Å². The smallest absolute Gasteiger partial charge is 0.274 e. The minimum atomic E-state index is -1.64. The molecule has 2 fully saturated rings. The summed E-state index contributed by atoms with van der Waals surface area (Å²) in [6, 6.07) is 37.0. The number of ketones is 1. The van der Waals surface area contributed by atoms with Crippen LogP contribution in [0.3, 0.4) is 0 Å². The molecule has 49 heavy (non-hydrogen) atoms. The molecule has 7 nitrogen and oxygen atoms in total. The van der Waals surface area contributed by atoms with Gasteiger partial charge < -0.3 is 0 Å². The zero-order valence-electron chi connectivity index (χ0n) is 26.0. The Morgan fingerprint density at radius 2 is 1.06 bits per heavy atom. The van der Waals surface area contributed by atoms with Crippen molar-refractivity contribution in [2.75, 3.05) is 4.90 Å². The highest BCUT2D eigenvalue weighted by Gasteiger charge is 2.82. The molecule has 2 bridgehead atoms. The second-order valence-corrected chi connectivity index (χ2v) is 13.5. The maximum absolute atomic E-state index is 16.0. The highest BCUT2D eigenvalue weighted by atomic mass is 35.5. The number of benzene rings is 5. The first-order valence-electron chi connectivity index (χ1n) is 15.7. The van der Waals surface area contributed by atoms with Crippen LogP contribution in [0.5, 0.6) is 0 Å². The molecule has 0 N–H and O–H groups in total. The third-order valence-corrected chi connectivity index (χ3v) is 10.9. The van der Waals surface area contributed by atoms with Gasteiger partial charge in [-0.15, -0.1) is 0 Å². The molecule has 240 valence electrons. The van der Waals surface area contributed by atoms with Crippen molar-refractivity contribution < 1.29 is 19.3 Å². The lowest BCUT2D eigenvalue weighted by Crippen LogP contribution is -2.45. The van der Waals surface area contributed by atoms with E-state index in [0.717, 1.165) is 16.0 Å². The van der Waals surface area contributed by atoms with Gasteiger partial charge in [-0.2, -0.15) is 0 Å². The number of hydrogen-bond donors (Lipinski definition) is 0. The molecule has 1 saturated carbocycles. The number of anilines is 1. The van der Waals surface area contributed by atoms with E-state index >= 15 is 14.4 Å². The quantitative estimate of drug-likeness (QED) is 0.102. The van der Waals surface area contributed by atoms with E-state index in [9.17, 15) is 10.1 Å². The van der Waals surface area contributed by atoms with Crippen LogP contribution in [0.4, 0.5) is 11.4 Å². The Morgan fingerprint density at radius 1 is 0.633 bits per heavy atom. The molecule has 1 saturated heterocycles. The Kier molecular flexibility index (Phi) is 7.00. The summed E-state index contributed by atoms with van der Waals surface area (Å²) in [5, 5.41) is 12.9. The van der Waals surface area contributed by atoms with Crippen LogP contribution in [0.25, 0.3) is 11.1 Å². The van der Waals surface area contributed by atoms with Gasteiger partial charge >= 0.3 is 0 Å². The number of rotatable bonds is 6. The van der Waals surface area contributed by atoms with Gasteiger partial charge in [0.1, 0.15) is 0 Å². The molecule has 3 aliphatic rings. The summed E-state index contributed by atoms with van der Waals surface area (Å²) in [7, 11) is 0. The van der Waals surface area contributed by atoms with Crippen LogP contribution in [0.15, 0.2) is 127 Å². The number of carbonyl (C=O) groups is 3. The van der Waals surface area contributed by atoms with Gasteiger partial charge in [-0.05, 0) is 70.7 Å². The highest BCUT2D eigenvalue weighted by molar-refractivity contribution is 6.39. The number of nitrogens with zero attached hydrogens (tertiary/aromatic N) is 2. The summed E-state index contributed by atoms with van der Waals surface area (Å²) in [5.74, 6) is -3.88. The van der Waals surface area contributed by atoms with E-state index in [1.807, 2.05) is 60.7 Å². The van der Waals surface area contributed by atoms with Crippen molar-refractivity contribution in [3.8, 4) is 0 Å². The molecular weight excluding hydrogens is 659 g/mol. The lowest BCUT2D eigenvalue weighted by Gasteiger charge is -2.39. The van der Waals surface area contributed by atoms with Crippen LogP contribution in [-0.2, 0) is 25.2 Å². The average Bonchev–Trinajstić information content (AvgIpc) is 3.62. The van der Waals surface area contributed by atoms with E-state index in [4.69, 9.17) is 23.2 Å². The van der Waals surface area contributed by atoms with Gasteiger partial charge in [-0.3, -0.25) is 24.5 Å². The molecule has 9 heteroatoms. The fraction of sp³-hybridized carbons (Fsp3) is 0.125. The van der Waals surface area contributed by atoms with Gasteiger partial charge in [0.15, 0.2) is 5.78 Å². The highest BCUT2D eigenvalue weighted by Crippen LogP contribution is 2.74. The molecule has 5 aromatic carbocycles. The zero-order valence-corrected chi connectivity index (χ0v) is 27.5. The van der Waals surface area contributed by atoms with Crippen molar-refractivity contribution >= 4 is 63.3 Å². The molecule has 1 heterocycles. The maximum atomic E-state index is 16.0. The molecular formula is C40H26Cl2N2O5. The van der Waals surface area contributed by atoms with E-state index in [1.165, 1.54) is 18.2 Å². The fourth-order valence-electron chi connectivity index (χ4n) is 8.55. The second-order valence-electron chi connectivity index (χ2n) is 12.6. The van der Waals surface area contributed by atoms with Crippen LogP contribution in [0.2, 0.25) is 10.0 Å². The normalized spacial score (nSPS) is 24.1. The van der Waals surface area contributed by atoms with Gasteiger partial charge in [0.2, 0.25) is 11.8 Å². The van der Waals surface area contributed by atoms with Gasteiger partial charge in [-0.25, -0.2) is 4.90 Å². The third-order valence-electron chi connectivity index (χ3n) is 10.4. The summed E-state index contributed by atoms with van der Waals surface area (Å²) >= 11 is 12.8. The molecule has 5 aromatic rings. The molecule has 8 rings (SSSR count). The first kappa shape index (κ1) is 30.9. The Labute approximate surface area is 291 Å². The molecule has 1 aliphatic heterocycles. The largest absolute Gasteiger partial charge is 0.297 e. The summed E-state index contributed by atoms with van der Waals surface area (Å²) in [5.41, 5.74) is 0.715. The minimum absolute atomic E-state index is 0.0774. The van der Waals surface area contributed by atoms with Crippen molar-refractivity contribution in [1.29, 1.82) is 0 Å². The van der Waals surface area contributed by atoms with Crippen molar-refractivity contribution in [2.24, 2.45) is 11.8 Å². The fourth-order valence-corrected chi connectivity index (χ4v) is 8.80. The molecule has 0 unspecified atom stereocenters. The number of hydrogen-bond acceptors (Lipinski definition) is 5. The first-order valence-corrected chi connectivity index (χ1v) is 16.4. The Hall–Kier alpha value is -5.37. The average molecular weight is 686 g/mol. The SMILES string of the molecule is Cc1ccc(N2C(=O)[C@H]3[C@H](C2=O)[C@@]2(c4ccc(Cl)cc4)C(=O)[C@@]3(c3ccc(Cl)cc3)C(c3ccccc3)=C2c2ccccc2)cc1[N+](=O)[O-]. The first-order chi connectivity index (χ1) is 23.6. The van der Waals surface area contributed by atoms with Gasteiger partial charge in [-0.1, -0.05) is 114 Å². The van der Waals surface area contributed by atoms with Gasteiger partial charge in [0.05, 0.1) is 33.3 Å². The third kappa shape index (κ3) is 4.06. The van der Waals surface area contributed by atoms with Gasteiger partial charge in [0.25, 0.3) is 5.69 Å². The molecule has 0 aromatic heterocycles. The summed E-state index contributed by atoms with van der Waals surface area (Å²) in [6.07, 6.45) is 0. The number of Topliss-reactive ketones (excluding diaryl/α,β-unsaturated/α-hetero) is 1. The van der Waals surface area contributed by atoms with Crippen molar-refractivity contribution in [3.63, 3.8) is 0 Å². The second kappa shape index (κ2) is 11.1. The van der Waals surface area contributed by atoms with Crippen LogP contribution in [0, 0.1) is 28.9 Å². The number of allylic oxidation sites excluding steroid dienone is 2. The van der Waals surface area contributed by atoms with Crippen LogP contribution in [0.1, 0.15) is 27.8 Å². The number of aryl methyl sites for hydroxylation is 1. The van der Waals surface area contributed by atoms with E-state index < -0.39 is 39.4 Å². The maximum Gasteiger partial charge on any atom is 0.274 e.